The van der Waals surface area contributed by atoms with Crippen LogP contribution in [0.25, 0.3) is 0 Å². The van der Waals surface area contributed by atoms with E-state index in [0.717, 1.165) is 12.1 Å². The first-order valence-electron chi connectivity index (χ1n) is 6.14. The molecule has 2 heterocycles. The van der Waals surface area contributed by atoms with Crippen LogP contribution in [0.1, 0.15) is 20.9 Å². The summed E-state index contributed by atoms with van der Waals surface area (Å²) in [5, 5.41) is 17.4. The minimum absolute atomic E-state index is 0.135. The number of carbonyl (C=O) groups excluding carboxylic acids is 1. The maximum absolute atomic E-state index is 12.0. The largest absolute Gasteiger partial charge is 0.384 e. The summed E-state index contributed by atoms with van der Waals surface area (Å²) in [6.07, 6.45) is 2.46. The van der Waals surface area contributed by atoms with Crippen molar-refractivity contribution in [3.05, 3.63) is 39.8 Å². The Balaban J connectivity index is 1.92. The summed E-state index contributed by atoms with van der Waals surface area (Å²) < 4.78 is 1.79. The maximum atomic E-state index is 12.0. The molecule has 6 heteroatoms. The smallest absolute Gasteiger partial charge is 0.262 e. The fourth-order valence-corrected chi connectivity index (χ4v) is 2.51. The normalized spacial score (nSPS) is 9.90. The van der Waals surface area contributed by atoms with Crippen molar-refractivity contribution in [1.29, 1.82) is 0 Å². The van der Waals surface area contributed by atoms with Crippen molar-refractivity contribution in [1.82, 2.24) is 15.1 Å². The van der Waals surface area contributed by atoms with Crippen molar-refractivity contribution in [2.24, 2.45) is 7.05 Å². The number of aliphatic hydroxyl groups excluding tert-OH is 1. The molecule has 0 bridgehead atoms. The van der Waals surface area contributed by atoms with E-state index in [0.29, 0.717) is 17.0 Å². The number of hydrogen-bond donors (Lipinski definition) is 2. The van der Waals surface area contributed by atoms with Gasteiger partial charge < -0.3 is 10.4 Å². The molecule has 0 unspecified atom stereocenters. The molecule has 0 saturated heterocycles. The van der Waals surface area contributed by atoms with E-state index >= 15 is 0 Å². The van der Waals surface area contributed by atoms with Gasteiger partial charge in [0.1, 0.15) is 11.5 Å². The highest BCUT2D eigenvalue weighted by atomic mass is 32.1. The Morgan fingerprint density at radius 1 is 1.55 bits per heavy atom. The van der Waals surface area contributed by atoms with E-state index in [1.807, 2.05) is 18.5 Å². The van der Waals surface area contributed by atoms with E-state index in [1.54, 1.807) is 16.9 Å². The number of aliphatic hydroxyl groups is 1. The van der Waals surface area contributed by atoms with Gasteiger partial charge in [0, 0.05) is 37.5 Å². The number of thiophene rings is 1. The van der Waals surface area contributed by atoms with Crippen LogP contribution in [-0.4, -0.2) is 33.9 Å². The van der Waals surface area contributed by atoms with Crippen molar-refractivity contribution in [2.75, 3.05) is 13.2 Å². The van der Waals surface area contributed by atoms with Crippen LogP contribution < -0.4 is 5.32 Å². The van der Waals surface area contributed by atoms with Gasteiger partial charge >= 0.3 is 0 Å². The first-order valence-corrected chi connectivity index (χ1v) is 7.02. The van der Waals surface area contributed by atoms with Gasteiger partial charge in [0.05, 0.1) is 0 Å². The summed E-state index contributed by atoms with van der Waals surface area (Å²) in [7, 11) is 1.87. The molecule has 0 saturated carbocycles. The molecule has 0 aliphatic heterocycles. The van der Waals surface area contributed by atoms with Crippen molar-refractivity contribution >= 4 is 17.2 Å². The second-order valence-electron chi connectivity index (χ2n) is 4.08. The Labute approximate surface area is 121 Å². The van der Waals surface area contributed by atoms with E-state index in [9.17, 15) is 4.79 Å². The summed E-state index contributed by atoms with van der Waals surface area (Å²) in [5.74, 6) is 5.19. The fourth-order valence-electron chi connectivity index (χ4n) is 1.75. The molecule has 0 radical (unpaired) electrons. The Morgan fingerprint density at radius 2 is 2.40 bits per heavy atom. The van der Waals surface area contributed by atoms with E-state index < -0.39 is 0 Å². The highest BCUT2D eigenvalue weighted by Gasteiger charge is 2.11. The van der Waals surface area contributed by atoms with Crippen molar-refractivity contribution < 1.29 is 9.90 Å². The molecule has 2 rings (SSSR count). The molecule has 104 valence electrons. The molecule has 0 aliphatic carbocycles. The minimum atomic E-state index is -0.211. The molecule has 2 aromatic heterocycles. The van der Waals surface area contributed by atoms with Crippen LogP contribution in [0.4, 0.5) is 0 Å². The van der Waals surface area contributed by atoms with Gasteiger partial charge in [-0.05, 0) is 17.5 Å². The molecular weight excluding hydrogens is 274 g/mol. The summed E-state index contributed by atoms with van der Waals surface area (Å²) in [6.45, 7) is 0.334. The number of carbonyl (C=O) groups is 1. The lowest BCUT2D eigenvalue weighted by molar-refractivity contribution is 0.0958. The first kappa shape index (κ1) is 14.3. The van der Waals surface area contributed by atoms with Crippen molar-refractivity contribution in [2.45, 2.75) is 6.42 Å². The molecule has 5 nitrogen and oxygen atoms in total. The van der Waals surface area contributed by atoms with Gasteiger partial charge in [0.15, 0.2) is 0 Å². The van der Waals surface area contributed by atoms with Gasteiger partial charge in [-0.1, -0.05) is 11.8 Å². The minimum Gasteiger partial charge on any atom is -0.384 e. The lowest BCUT2D eigenvalue weighted by Gasteiger charge is -2.04. The van der Waals surface area contributed by atoms with Gasteiger partial charge in [-0.25, -0.2) is 0 Å². The highest BCUT2D eigenvalue weighted by molar-refractivity contribution is 7.12. The van der Waals surface area contributed by atoms with E-state index in [1.165, 1.54) is 11.3 Å². The van der Waals surface area contributed by atoms with Crippen LogP contribution in [0.15, 0.2) is 23.7 Å². The molecule has 2 N–H and O–H groups in total. The third-order valence-corrected chi connectivity index (χ3v) is 3.68. The van der Waals surface area contributed by atoms with Crippen LogP contribution in [-0.2, 0) is 13.5 Å². The summed E-state index contributed by atoms with van der Waals surface area (Å²) in [4.78, 5) is 12.6. The Hall–Kier alpha value is -2.10. The van der Waals surface area contributed by atoms with Crippen LogP contribution in [0, 0.1) is 11.8 Å². The van der Waals surface area contributed by atoms with Crippen molar-refractivity contribution in [3.63, 3.8) is 0 Å². The highest BCUT2D eigenvalue weighted by Crippen LogP contribution is 2.15. The molecule has 0 fully saturated rings. The molecule has 2 aromatic rings. The van der Waals surface area contributed by atoms with E-state index in [4.69, 9.17) is 5.11 Å². The number of aryl methyl sites for hydroxylation is 1. The predicted octanol–water partition coefficient (Wildman–Crippen LogP) is 0.798. The predicted molar refractivity (Wildman–Crippen MR) is 77.5 cm³/mol. The first-order chi connectivity index (χ1) is 9.72. The van der Waals surface area contributed by atoms with Crippen molar-refractivity contribution in [3.8, 4) is 11.8 Å². The van der Waals surface area contributed by atoms with Crippen LogP contribution in [0.3, 0.4) is 0 Å². The Kier molecular flexibility index (Phi) is 4.93. The SMILES string of the molecule is Cn1nccc1CCNC(=O)c1sccc1C#CCO. The number of aromatic nitrogens is 2. The fraction of sp³-hybridized carbons (Fsp3) is 0.286. The van der Waals surface area contributed by atoms with Gasteiger partial charge in [0.25, 0.3) is 5.91 Å². The number of amides is 1. The maximum Gasteiger partial charge on any atom is 0.262 e. The van der Waals surface area contributed by atoms with Crippen LogP contribution >= 0.6 is 11.3 Å². The van der Waals surface area contributed by atoms with Crippen LogP contribution in [0.5, 0.6) is 0 Å². The number of hydrogen-bond acceptors (Lipinski definition) is 4. The number of nitrogens with zero attached hydrogens (tertiary/aromatic N) is 2. The average molecular weight is 289 g/mol. The second kappa shape index (κ2) is 6.89. The molecule has 0 spiro atoms. The Morgan fingerprint density at radius 3 is 3.10 bits per heavy atom. The quantitative estimate of drug-likeness (QED) is 0.818. The zero-order valence-corrected chi connectivity index (χ0v) is 11.9. The summed E-state index contributed by atoms with van der Waals surface area (Å²) in [5.41, 5.74) is 1.72. The lowest BCUT2D eigenvalue weighted by Crippen LogP contribution is -2.26. The molecule has 0 aromatic carbocycles. The second-order valence-corrected chi connectivity index (χ2v) is 4.99. The number of rotatable bonds is 4. The zero-order valence-electron chi connectivity index (χ0n) is 11.1. The van der Waals surface area contributed by atoms with E-state index in [2.05, 4.69) is 22.3 Å². The van der Waals surface area contributed by atoms with Gasteiger partial charge in [-0.15, -0.1) is 11.3 Å². The zero-order chi connectivity index (χ0) is 14.4. The average Bonchev–Trinajstić information content (AvgIpc) is 3.06. The topological polar surface area (TPSA) is 67.2 Å². The third-order valence-electron chi connectivity index (χ3n) is 2.76. The lowest BCUT2D eigenvalue weighted by atomic mass is 10.2. The molecule has 0 aliphatic rings. The molecule has 20 heavy (non-hydrogen) atoms. The Bertz CT molecular complexity index is 649. The van der Waals surface area contributed by atoms with E-state index in [-0.39, 0.29) is 12.5 Å². The van der Waals surface area contributed by atoms with Gasteiger partial charge in [-0.3, -0.25) is 9.48 Å². The summed E-state index contributed by atoms with van der Waals surface area (Å²) >= 11 is 1.35. The van der Waals surface area contributed by atoms with Crippen LogP contribution in [0.2, 0.25) is 0 Å². The molecular formula is C14H15N3O2S. The van der Waals surface area contributed by atoms with Gasteiger partial charge in [-0.2, -0.15) is 5.10 Å². The standard InChI is InChI=1S/C14H15N3O2S/c1-17-12(5-8-16-17)4-7-15-14(19)13-11(3-2-9-18)6-10-20-13/h5-6,8,10,18H,4,7,9H2,1H3,(H,15,19). The van der Waals surface area contributed by atoms with Gasteiger partial charge in [0.2, 0.25) is 0 Å². The molecule has 0 atom stereocenters. The number of nitrogens with one attached hydrogen (secondary N) is 1. The summed E-state index contributed by atoms with van der Waals surface area (Å²) in [6, 6.07) is 3.71. The monoisotopic (exact) mass is 289 g/mol. The third kappa shape index (κ3) is 3.47. The molecule has 1 amide bonds.